The van der Waals surface area contributed by atoms with Crippen LogP contribution in [0.5, 0.6) is 0 Å². The number of sulfonamides is 1. The van der Waals surface area contributed by atoms with Gasteiger partial charge in [-0.2, -0.15) is 4.72 Å². The molecule has 0 fully saturated rings. The second kappa shape index (κ2) is 9.82. The Hall–Kier alpha value is -2.22. The summed E-state index contributed by atoms with van der Waals surface area (Å²) >= 11 is 0. The van der Waals surface area contributed by atoms with E-state index < -0.39 is 28.0 Å². The number of aliphatic hydroxyl groups is 1. The summed E-state index contributed by atoms with van der Waals surface area (Å²) in [7, 11) is -3.84. The van der Waals surface area contributed by atoms with Crippen molar-refractivity contribution in [2.24, 2.45) is 5.92 Å². The molecule has 1 amide bonds. The molecule has 3 N–H and O–H groups in total. The van der Waals surface area contributed by atoms with E-state index in [9.17, 15) is 18.3 Å². The highest BCUT2D eigenvalue weighted by atomic mass is 32.2. The van der Waals surface area contributed by atoms with Gasteiger partial charge in [0.15, 0.2) is 0 Å². The van der Waals surface area contributed by atoms with Crippen LogP contribution in [0.4, 0.5) is 0 Å². The summed E-state index contributed by atoms with van der Waals surface area (Å²) in [5.74, 6) is -0.725. The van der Waals surface area contributed by atoms with Gasteiger partial charge in [0.25, 0.3) is 0 Å². The normalized spacial score (nSPS) is 13.9. The van der Waals surface area contributed by atoms with Crippen molar-refractivity contribution in [1.29, 1.82) is 0 Å². The summed E-state index contributed by atoms with van der Waals surface area (Å²) in [6.45, 7) is 5.17. The maximum absolute atomic E-state index is 12.8. The van der Waals surface area contributed by atoms with E-state index in [-0.39, 0.29) is 17.4 Å². The molecule has 0 aromatic heterocycles. The third-order valence-corrected chi connectivity index (χ3v) is 5.91. The number of aryl methyl sites for hydroxylation is 1. The molecule has 0 saturated heterocycles. The molecule has 0 spiro atoms. The molecular weight excluding hydrogens is 376 g/mol. The molecule has 0 aliphatic heterocycles. The topological polar surface area (TPSA) is 95.5 Å². The second-order valence-corrected chi connectivity index (χ2v) is 8.95. The molecule has 2 rings (SSSR count). The Balaban J connectivity index is 2.11. The molecule has 0 radical (unpaired) electrons. The number of amides is 1. The van der Waals surface area contributed by atoms with Crippen LogP contribution in [0, 0.1) is 12.8 Å². The molecule has 28 heavy (non-hydrogen) atoms. The van der Waals surface area contributed by atoms with Gasteiger partial charge < -0.3 is 10.4 Å². The Bertz CT molecular complexity index is 865. The fourth-order valence-corrected chi connectivity index (χ4v) is 4.14. The van der Waals surface area contributed by atoms with E-state index in [1.54, 1.807) is 26.0 Å². The van der Waals surface area contributed by atoms with Crippen LogP contribution in [-0.4, -0.2) is 38.1 Å². The third kappa shape index (κ3) is 6.15. The first-order valence-corrected chi connectivity index (χ1v) is 10.8. The van der Waals surface area contributed by atoms with Gasteiger partial charge in [0.1, 0.15) is 6.04 Å². The number of hydrogen-bond donors (Lipinski definition) is 3. The van der Waals surface area contributed by atoms with E-state index in [0.717, 1.165) is 11.1 Å². The number of aliphatic hydroxyl groups excluding tert-OH is 1. The smallest absolute Gasteiger partial charge is 0.241 e. The summed E-state index contributed by atoms with van der Waals surface area (Å²) in [4.78, 5) is 12.9. The fourth-order valence-electron chi connectivity index (χ4n) is 2.80. The molecule has 0 aliphatic carbocycles. The minimum atomic E-state index is -3.84. The van der Waals surface area contributed by atoms with Crippen LogP contribution in [0.25, 0.3) is 0 Å². The summed E-state index contributed by atoms with van der Waals surface area (Å²) in [6, 6.07) is 14.5. The number of benzene rings is 2. The lowest BCUT2D eigenvalue weighted by atomic mass is 10.0. The SMILES string of the molecule is Cc1ccc(S(=O)(=O)N[C@H](C(=O)N[C@H](CO)Cc2ccccc2)C(C)C)cc1. The van der Waals surface area contributed by atoms with Crippen molar-refractivity contribution in [3.8, 4) is 0 Å². The summed E-state index contributed by atoms with van der Waals surface area (Å²) < 4.78 is 27.8. The Labute approximate surface area is 167 Å². The van der Waals surface area contributed by atoms with Crippen LogP contribution in [0.2, 0.25) is 0 Å². The zero-order valence-corrected chi connectivity index (χ0v) is 17.2. The average molecular weight is 405 g/mol. The largest absolute Gasteiger partial charge is 0.394 e. The Morgan fingerprint density at radius 2 is 1.64 bits per heavy atom. The molecular formula is C21H28N2O4S. The summed E-state index contributed by atoms with van der Waals surface area (Å²) in [5.41, 5.74) is 1.92. The molecule has 2 aromatic carbocycles. The number of nitrogens with one attached hydrogen (secondary N) is 2. The standard InChI is InChI=1S/C21H28N2O4S/c1-15(2)20(23-28(26,27)19-11-9-16(3)10-12-19)21(25)22-18(14-24)13-17-7-5-4-6-8-17/h4-12,15,18,20,23-24H,13-14H2,1-3H3,(H,22,25)/t18-,20-/m0/s1. The molecule has 2 aromatic rings. The molecule has 0 saturated carbocycles. The van der Waals surface area contributed by atoms with Gasteiger partial charge in [-0.25, -0.2) is 8.42 Å². The van der Waals surface area contributed by atoms with Crippen molar-refractivity contribution in [3.63, 3.8) is 0 Å². The van der Waals surface area contributed by atoms with Crippen molar-refractivity contribution in [1.82, 2.24) is 10.0 Å². The van der Waals surface area contributed by atoms with Gasteiger partial charge in [0.2, 0.25) is 15.9 Å². The van der Waals surface area contributed by atoms with Crippen LogP contribution in [0.1, 0.15) is 25.0 Å². The molecule has 2 atom stereocenters. The molecule has 6 nitrogen and oxygen atoms in total. The van der Waals surface area contributed by atoms with E-state index >= 15 is 0 Å². The van der Waals surface area contributed by atoms with Gasteiger partial charge in [-0.05, 0) is 37.0 Å². The molecule has 0 aliphatic rings. The highest BCUT2D eigenvalue weighted by molar-refractivity contribution is 7.89. The van der Waals surface area contributed by atoms with E-state index in [0.29, 0.717) is 6.42 Å². The second-order valence-electron chi connectivity index (χ2n) is 7.23. The number of carbonyl (C=O) groups excluding carboxylic acids is 1. The van der Waals surface area contributed by atoms with E-state index in [1.165, 1.54) is 12.1 Å². The van der Waals surface area contributed by atoms with Crippen molar-refractivity contribution in [2.75, 3.05) is 6.61 Å². The van der Waals surface area contributed by atoms with E-state index in [2.05, 4.69) is 10.0 Å². The van der Waals surface area contributed by atoms with Crippen LogP contribution in [0.15, 0.2) is 59.5 Å². The predicted molar refractivity (Wildman–Crippen MR) is 109 cm³/mol. The first-order chi connectivity index (χ1) is 13.2. The predicted octanol–water partition coefficient (Wildman–Crippen LogP) is 2.02. The molecule has 0 bridgehead atoms. The Morgan fingerprint density at radius 1 is 1.04 bits per heavy atom. The molecule has 7 heteroatoms. The zero-order valence-electron chi connectivity index (χ0n) is 16.4. The average Bonchev–Trinajstić information content (AvgIpc) is 2.66. The fraction of sp³-hybridized carbons (Fsp3) is 0.381. The van der Waals surface area contributed by atoms with E-state index in [4.69, 9.17) is 0 Å². The van der Waals surface area contributed by atoms with Crippen molar-refractivity contribution < 1.29 is 18.3 Å². The van der Waals surface area contributed by atoms with Gasteiger partial charge in [0, 0.05) is 0 Å². The zero-order chi connectivity index (χ0) is 20.7. The van der Waals surface area contributed by atoms with Crippen molar-refractivity contribution in [2.45, 2.75) is 44.2 Å². The van der Waals surface area contributed by atoms with Gasteiger partial charge in [-0.15, -0.1) is 0 Å². The molecule has 0 unspecified atom stereocenters. The van der Waals surface area contributed by atoms with Crippen molar-refractivity contribution >= 4 is 15.9 Å². The number of carbonyl (C=O) groups is 1. The van der Waals surface area contributed by atoms with Gasteiger partial charge in [0.05, 0.1) is 17.5 Å². The number of hydrogen-bond acceptors (Lipinski definition) is 4. The lowest BCUT2D eigenvalue weighted by Gasteiger charge is -2.25. The van der Waals surface area contributed by atoms with E-state index in [1.807, 2.05) is 37.3 Å². The first-order valence-electron chi connectivity index (χ1n) is 9.27. The monoisotopic (exact) mass is 404 g/mol. The van der Waals surface area contributed by atoms with Crippen LogP contribution < -0.4 is 10.0 Å². The minimum Gasteiger partial charge on any atom is -0.394 e. The lowest BCUT2D eigenvalue weighted by molar-refractivity contribution is -0.124. The Morgan fingerprint density at radius 3 is 2.18 bits per heavy atom. The maximum Gasteiger partial charge on any atom is 0.241 e. The maximum atomic E-state index is 12.8. The lowest BCUT2D eigenvalue weighted by Crippen LogP contribution is -2.53. The number of rotatable bonds is 9. The highest BCUT2D eigenvalue weighted by Gasteiger charge is 2.29. The van der Waals surface area contributed by atoms with Crippen LogP contribution in [-0.2, 0) is 21.2 Å². The molecule has 152 valence electrons. The van der Waals surface area contributed by atoms with Crippen molar-refractivity contribution in [3.05, 3.63) is 65.7 Å². The highest BCUT2D eigenvalue weighted by Crippen LogP contribution is 2.13. The Kier molecular flexibility index (Phi) is 7.74. The third-order valence-electron chi connectivity index (χ3n) is 4.45. The minimum absolute atomic E-state index is 0.111. The van der Waals surface area contributed by atoms with Crippen LogP contribution in [0.3, 0.4) is 0 Å². The summed E-state index contributed by atoms with van der Waals surface area (Å²) in [6.07, 6.45) is 0.457. The van der Waals surface area contributed by atoms with Gasteiger partial charge in [-0.3, -0.25) is 4.79 Å². The molecule has 0 heterocycles. The first kappa shape index (κ1) is 22.1. The van der Waals surface area contributed by atoms with Crippen LogP contribution >= 0.6 is 0 Å². The van der Waals surface area contributed by atoms with Gasteiger partial charge >= 0.3 is 0 Å². The summed E-state index contributed by atoms with van der Waals surface area (Å²) in [5, 5.41) is 12.4. The van der Waals surface area contributed by atoms with Gasteiger partial charge in [-0.1, -0.05) is 61.9 Å². The quantitative estimate of drug-likeness (QED) is 0.596.